The van der Waals surface area contributed by atoms with Crippen LogP contribution in [-0.2, 0) is 4.74 Å². The molecule has 0 radical (unpaired) electrons. The van der Waals surface area contributed by atoms with E-state index in [9.17, 15) is 4.79 Å². The van der Waals surface area contributed by atoms with Gasteiger partial charge in [-0.05, 0) is 58.0 Å². The van der Waals surface area contributed by atoms with Crippen molar-refractivity contribution >= 4 is 6.09 Å². The van der Waals surface area contributed by atoms with E-state index in [2.05, 4.69) is 31.4 Å². The molecule has 3 N–H and O–H groups in total. The smallest absolute Gasteiger partial charge is 0.407 e. The van der Waals surface area contributed by atoms with Crippen LogP contribution in [0.25, 0.3) is 0 Å². The van der Waals surface area contributed by atoms with Gasteiger partial charge in [-0.1, -0.05) is 27.2 Å². The molecule has 0 bridgehead atoms. The van der Waals surface area contributed by atoms with Gasteiger partial charge in [-0.3, -0.25) is 0 Å². The molecular weight excluding hydrogens is 280 g/mol. The second-order valence-corrected chi connectivity index (χ2v) is 7.33. The number of aliphatic hydroxyl groups is 1. The molecule has 132 valence electrons. The molecule has 0 aliphatic rings. The Morgan fingerprint density at radius 3 is 2.27 bits per heavy atom. The number of amides is 1. The number of alkyl carbamates (subject to hydrolysis) is 1. The second-order valence-electron chi connectivity index (χ2n) is 7.33. The molecular formula is C17H36N2O3. The third-order valence-corrected chi connectivity index (χ3v) is 3.80. The lowest BCUT2D eigenvalue weighted by atomic mass is 9.95. The first kappa shape index (κ1) is 21.2. The van der Waals surface area contributed by atoms with E-state index in [1.807, 2.05) is 20.8 Å². The maximum atomic E-state index is 11.7. The van der Waals surface area contributed by atoms with E-state index < -0.39 is 5.60 Å². The van der Waals surface area contributed by atoms with Gasteiger partial charge < -0.3 is 20.5 Å². The number of ether oxygens (including phenoxy) is 1. The predicted molar refractivity (Wildman–Crippen MR) is 90.9 cm³/mol. The van der Waals surface area contributed by atoms with Crippen LogP contribution in [0.2, 0.25) is 0 Å². The first-order valence-electron chi connectivity index (χ1n) is 8.48. The molecule has 0 saturated carbocycles. The highest BCUT2D eigenvalue weighted by Crippen LogP contribution is 2.11. The van der Waals surface area contributed by atoms with Crippen LogP contribution in [0.3, 0.4) is 0 Å². The van der Waals surface area contributed by atoms with Crippen molar-refractivity contribution in [1.82, 2.24) is 10.6 Å². The second kappa shape index (κ2) is 10.8. The SMILES string of the molecule is CCC(CCO)CNCC(CNC(=O)OC(C)(C)C)C(C)C. The molecule has 5 nitrogen and oxygen atoms in total. The summed E-state index contributed by atoms with van der Waals surface area (Å²) in [6.07, 6.45) is 1.55. The third kappa shape index (κ3) is 10.9. The fraction of sp³-hybridized carbons (Fsp3) is 0.941. The van der Waals surface area contributed by atoms with Gasteiger partial charge in [-0.2, -0.15) is 0 Å². The van der Waals surface area contributed by atoms with E-state index in [-0.39, 0.29) is 12.7 Å². The quantitative estimate of drug-likeness (QED) is 0.579. The van der Waals surface area contributed by atoms with Crippen LogP contribution in [-0.4, -0.2) is 43.0 Å². The number of hydrogen-bond donors (Lipinski definition) is 3. The van der Waals surface area contributed by atoms with Crippen molar-refractivity contribution in [2.75, 3.05) is 26.2 Å². The van der Waals surface area contributed by atoms with Gasteiger partial charge in [0.1, 0.15) is 5.60 Å². The van der Waals surface area contributed by atoms with E-state index in [0.29, 0.717) is 24.3 Å². The minimum Gasteiger partial charge on any atom is -0.444 e. The van der Waals surface area contributed by atoms with Crippen molar-refractivity contribution < 1.29 is 14.6 Å². The highest BCUT2D eigenvalue weighted by atomic mass is 16.6. The Balaban J connectivity index is 4.13. The monoisotopic (exact) mass is 316 g/mol. The van der Waals surface area contributed by atoms with Crippen LogP contribution in [0.5, 0.6) is 0 Å². The Hall–Kier alpha value is -0.810. The molecule has 0 aromatic rings. The Morgan fingerprint density at radius 1 is 1.18 bits per heavy atom. The summed E-state index contributed by atoms with van der Waals surface area (Å²) in [5.74, 6) is 1.34. The lowest BCUT2D eigenvalue weighted by Gasteiger charge is -2.25. The first-order valence-corrected chi connectivity index (χ1v) is 8.48. The average molecular weight is 316 g/mol. The van der Waals surface area contributed by atoms with Crippen molar-refractivity contribution in [2.45, 2.75) is 60.0 Å². The summed E-state index contributed by atoms with van der Waals surface area (Å²) in [5.41, 5.74) is -0.464. The number of hydrogen-bond acceptors (Lipinski definition) is 4. The molecule has 2 unspecified atom stereocenters. The van der Waals surface area contributed by atoms with E-state index in [4.69, 9.17) is 9.84 Å². The Morgan fingerprint density at radius 2 is 1.82 bits per heavy atom. The number of carbonyl (C=O) groups is 1. The summed E-state index contributed by atoms with van der Waals surface area (Å²) in [5, 5.41) is 15.3. The Bertz CT molecular complexity index is 301. The van der Waals surface area contributed by atoms with E-state index >= 15 is 0 Å². The summed E-state index contributed by atoms with van der Waals surface area (Å²) >= 11 is 0. The van der Waals surface area contributed by atoms with Crippen LogP contribution in [0, 0.1) is 17.8 Å². The molecule has 0 heterocycles. The highest BCUT2D eigenvalue weighted by Gasteiger charge is 2.19. The molecule has 22 heavy (non-hydrogen) atoms. The van der Waals surface area contributed by atoms with Crippen molar-refractivity contribution in [3.63, 3.8) is 0 Å². The van der Waals surface area contributed by atoms with Crippen molar-refractivity contribution in [2.24, 2.45) is 17.8 Å². The van der Waals surface area contributed by atoms with Gasteiger partial charge in [0.05, 0.1) is 0 Å². The van der Waals surface area contributed by atoms with Gasteiger partial charge in [-0.25, -0.2) is 4.79 Å². The zero-order valence-corrected chi connectivity index (χ0v) is 15.2. The van der Waals surface area contributed by atoms with Crippen molar-refractivity contribution in [3.8, 4) is 0 Å². The molecule has 2 atom stereocenters. The van der Waals surface area contributed by atoms with Gasteiger partial charge in [0, 0.05) is 13.2 Å². The number of nitrogens with one attached hydrogen (secondary N) is 2. The summed E-state index contributed by atoms with van der Waals surface area (Å²) in [6, 6.07) is 0. The molecule has 0 rings (SSSR count). The van der Waals surface area contributed by atoms with Gasteiger partial charge in [0.2, 0.25) is 0 Å². The zero-order chi connectivity index (χ0) is 17.2. The Kier molecular flexibility index (Phi) is 10.4. The van der Waals surface area contributed by atoms with Crippen molar-refractivity contribution in [1.29, 1.82) is 0 Å². The number of aliphatic hydroxyl groups excluding tert-OH is 1. The molecule has 0 aromatic heterocycles. The topological polar surface area (TPSA) is 70.6 Å². The summed E-state index contributed by atoms with van der Waals surface area (Å²) in [6.45, 7) is 14.7. The van der Waals surface area contributed by atoms with E-state index in [1.54, 1.807) is 0 Å². The minimum absolute atomic E-state index is 0.244. The van der Waals surface area contributed by atoms with Crippen LogP contribution in [0.15, 0.2) is 0 Å². The lowest BCUT2D eigenvalue weighted by Crippen LogP contribution is -2.40. The third-order valence-electron chi connectivity index (χ3n) is 3.80. The van der Waals surface area contributed by atoms with Crippen LogP contribution in [0.1, 0.15) is 54.4 Å². The molecule has 0 fully saturated rings. The maximum Gasteiger partial charge on any atom is 0.407 e. The van der Waals surface area contributed by atoms with Gasteiger partial charge in [-0.15, -0.1) is 0 Å². The first-order chi connectivity index (χ1) is 10.2. The zero-order valence-electron chi connectivity index (χ0n) is 15.2. The van der Waals surface area contributed by atoms with Crippen LogP contribution < -0.4 is 10.6 Å². The highest BCUT2D eigenvalue weighted by molar-refractivity contribution is 5.67. The molecule has 0 aliphatic carbocycles. The van der Waals surface area contributed by atoms with Gasteiger partial charge >= 0.3 is 6.09 Å². The standard InChI is InChI=1S/C17H36N2O3/c1-7-14(8-9-20)10-18-11-15(13(2)3)12-19-16(21)22-17(4,5)6/h13-15,18,20H,7-12H2,1-6H3,(H,19,21). The van der Waals surface area contributed by atoms with Crippen LogP contribution >= 0.6 is 0 Å². The summed E-state index contributed by atoms with van der Waals surface area (Å²) < 4.78 is 5.26. The fourth-order valence-electron chi connectivity index (χ4n) is 2.18. The molecule has 5 heteroatoms. The predicted octanol–water partition coefficient (Wildman–Crippen LogP) is 2.78. The van der Waals surface area contributed by atoms with Crippen LogP contribution in [0.4, 0.5) is 4.79 Å². The minimum atomic E-state index is -0.464. The van der Waals surface area contributed by atoms with E-state index in [0.717, 1.165) is 25.9 Å². The molecule has 0 saturated heterocycles. The molecule has 0 spiro atoms. The number of rotatable bonds is 10. The largest absolute Gasteiger partial charge is 0.444 e. The summed E-state index contributed by atoms with van der Waals surface area (Å²) in [7, 11) is 0. The fourth-order valence-corrected chi connectivity index (χ4v) is 2.18. The normalized spacial score (nSPS) is 14.7. The maximum absolute atomic E-state index is 11.7. The van der Waals surface area contributed by atoms with Gasteiger partial charge in [0.25, 0.3) is 0 Å². The average Bonchev–Trinajstić information content (AvgIpc) is 2.38. The Labute approximate surface area is 136 Å². The summed E-state index contributed by atoms with van der Waals surface area (Å²) in [4.78, 5) is 11.7. The molecule has 0 aromatic carbocycles. The van der Waals surface area contributed by atoms with E-state index in [1.165, 1.54) is 0 Å². The lowest BCUT2D eigenvalue weighted by molar-refractivity contribution is 0.0514. The number of carbonyl (C=O) groups excluding carboxylic acids is 1. The van der Waals surface area contributed by atoms with Gasteiger partial charge in [0.15, 0.2) is 0 Å². The van der Waals surface area contributed by atoms with Crippen molar-refractivity contribution in [3.05, 3.63) is 0 Å². The molecule has 0 aliphatic heterocycles. The molecule has 1 amide bonds.